The lowest BCUT2D eigenvalue weighted by Gasteiger charge is -2.19. The summed E-state index contributed by atoms with van der Waals surface area (Å²) in [5.74, 6) is -1.43. The lowest BCUT2D eigenvalue weighted by Crippen LogP contribution is -2.35. The van der Waals surface area contributed by atoms with Gasteiger partial charge in [0.25, 0.3) is 5.69 Å². The van der Waals surface area contributed by atoms with Crippen molar-refractivity contribution in [1.29, 1.82) is 0 Å². The van der Waals surface area contributed by atoms with Crippen LogP contribution in [0, 0.1) is 10.1 Å². The van der Waals surface area contributed by atoms with Crippen LogP contribution < -0.4 is 5.32 Å². The summed E-state index contributed by atoms with van der Waals surface area (Å²) in [7, 11) is 0. The number of likely N-dealkylation sites (N-methyl/N-ethyl adjacent to an activating group) is 1. The van der Waals surface area contributed by atoms with Gasteiger partial charge in [0.2, 0.25) is 5.91 Å². The molecule has 2 N–H and O–H groups in total. The van der Waals surface area contributed by atoms with Crippen LogP contribution in [-0.2, 0) is 4.79 Å². The molecule has 0 bridgehead atoms. The molecule has 0 unspecified atom stereocenters. The fraction of sp³-hybridized carbons (Fsp3) is 0.385. The van der Waals surface area contributed by atoms with E-state index < -0.39 is 10.9 Å². The van der Waals surface area contributed by atoms with E-state index in [2.05, 4.69) is 5.32 Å². The Balaban J connectivity index is 2.95. The topological polar surface area (TPSA) is 113 Å². The van der Waals surface area contributed by atoms with Gasteiger partial charge in [0, 0.05) is 25.2 Å². The zero-order valence-corrected chi connectivity index (χ0v) is 11.8. The molecule has 0 aliphatic carbocycles. The molecule has 0 fully saturated rings. The summed E-state index contributed by atoms with van der Waals surface area (Å²) < 4.78 is 0. The molecule has 0 aliphatic heterocycles. The Labute approximate surface area is 121 Å². The number of nitrogens with zero attached hydrogens (tertiary/aromatic N) is 2. The SMILES string of the molecule is CCN(CC)C(=O)CNc1cc([N+](=O)[O-])ccc1C(=O)O. The van der Waals surface area contributed by atoms with Gasteiger partial charge < -0.3 is 15.3 Å². The molecule has 8 nitrogen and oxygen atoms in total. The van der Waals surface area contributed by atoms with Gasteiger partial charge in [-0.15, -0.1) is 0 Å². The summed E-state index contributed by atoms with van der Waals surface area (Å²) in [5.41, 5.74) is -0.303. The molecule has 0 heterocycles. The van der Waals surface area contributed by atoms with E-state index >= 15 is 0 Å². The van der Waals surface area contributed by atoms with E-state index in [1.807, 2.05) is 13.8 Å². The van der Waals surface area contributed by atoms with Gasteiger partial charge in [-0.1, -0.05) is 0 Å². The number of nitro groups is 1. The second kappa shape index (κ2) is 7.22. The number of carboxylic acids is 1. The van der Waals surface area contributed by atoms with E-state index in [0.29, 0.717) is 13.1 Å². The first-order chi connectivity index (χ1) is 9.90. The molecule has 1 aromatic carbocycles. The number of nitro benzene ring substituents is 1. The summed E-state index contributed by atoms with van der Waals surface area (Å²) in [6.07, 6.45) is 0. The van der Waals surface area contributed by atoms with E-state index in [0.717, 1.165) is 18.2 Å². The molecular weight excluding hydrogens is 278 g/mol. The molecule has 8 heteroatoms. The minimum absolute atomic E-state index is 0.0530. The van der Waals surface area contributed by atoms with Crippen LogP contribution in [0.15, 0.2) is 18.2 Å². The monoisotopic (exact) mass is 295 g/mol. The third kappa shape index (κ3) is 4.16. The molecule has 1 aromatic rings. The smallest absolute Gasteiger partial charge is 0.337 e. The molecule has 1 rings (SSSR count). The quantitative estimate of drug-likeness (QED) is 0.583. The number of carboxylic acid groups (broad SMARTS) is 1. The van der Waals surface area contributed by atoms with Crippen LogP contribution in [0.2, 0.25) is 0 Å². The number of non-ortho nitro benzene ring substituents is 1. The zero-order chi connectivity index (χ0) is 16.0. The van der Waals surface area contributed by atoms with Gasteiger partial charge in [-0.2, -0.15) is 0 Å². The summed E-state index contributed by atoms with van der Waals surface area (Å²) in [4.78, 5) is 34.6. The number of hydrogen-bond donors (Lipinski definition) is 2. The van der Waals surface area contributed by atoms with Crippen molar-refractivity contribution in [2.45, 2.75) is 13.8 Å². The van der Waals surface area contributed by atoms with E-state index in [-0.39, 0.29) is 29.4 Å². The molecule has 0 saturated carbocycles. The number of aromatic carboxylic acids is 1. The van der Waals surface area contributed by atoms with Crippen molar-refractivity contribution in [3.8, 4) is 0 Å². The molecule has 1 amide bonds. The lowest BCUT2D eigenvalue weighted by molar-refractivity contribution is -0.384. The number of amides is 1. The van der Waals surface area contributed by atoms with Crippen molar-refractivity contribution in [2.24, 2.45) is 0 Å². The van der Waals surface area contributed by atoms with E-state index in [1.165, 1.54) is 0 Å². The predicted molar refractivity (Wildman–Crippen MR) is 76.5 cm³/mol. The largest absolute Gasteiger partial charge is 0.478 e. The molecular formula is C13H17N3O5. The van der Waals surface area contributed by atoms with E-state index in [9.17, 15) is 19.7 Å². The summed E-state index contributed by atoms with van der Waals surface area (Å²) in [6.45, 7) is 4.62. The highest BCUT2D eigenvalue weighted by Crippen LogP contribution is 2.22. The van der Waals surface area contributed by atoms with Gasteiger partial charge in [0.15, 0.2) is 0 Å². The number of rotatable bonds is 7. The van der Waals surface area contributed by atoms with Crippen LogP contribution in [0.5, 0.6) is 0 Å². The highest BCUT2D eigenvalue weighted by molar-refractivity contribution is 5.95. The van der Waals surface area contributed by atoms with Gasteiger partial charge in [0.05, 0.1) is 22.7 Å². The minimum atomic E-state index is -1.22. The first kappa shape index (κ1) is 16.4. The minimum Gasteiger partial charge on any atom is -0.478 e. The second-order valence-electron chi connectivity index (χ2n) is 4.21. The predicted octanol–water partition coefficient (Wildman–Crippen LogP) is 1.57. The second-order valence-corrected chi connectivity index (χ2v) is 4.21. The fourth-order valence-corrected chi connectivity index (χ4v) is 1.84. The Morgan fingerprint density at radius 1 is 1.33 bits per heavy atom. The maximum Gasteiger partial charge on any atom is 0.337 e. The van der Waals surface area contributed by atoms with Crippen LogP contribution in [-0.4, -0.2) is 46.4 Å². The molecule has 21 heavy (non-hydrogen) atoms. The number of nitrogens with one attached hydrogen (secondary N) is 1. The van der Waals surface area contributed by atoms with Crippen LogP contribution in [0.4, 0.5) is 11.4 Å². The summed E-state index contributed by atoms with van der Waals surface area (Å²) in [5, 5.41) is 22.4. The van der Waals surface area contributed by atoms with Gasteiger partial charge in [0.1, 0.15) is 0 Å². The van der Waals surface area contributed by atoms with Crippen molar-refractivity contribution in [2.75, 3.05) is 25.0 Å². The highest BCUT2D eigenvalue weighted by Gasteiger charge is 2.17. The lowest BCUT2D eigenvalue weighted by atomic mass is 10.1. The van der Waals surface area contributed by atoms with Gasteiger partial charge in [-0.3, -0.25) is 14.9 Å². The Bertz CT molecular complexity index is 555. The van der Waals surface area contributed by atoms with Gasteiger partial charge in [-0.25, -0.2) is 4.79 Å². The van der Waals surface area contributed by atoms with Crippen LogP contribution in [0.3, 0.4) is 0 Å². The van der Waals surface area contributed by atoms with Crippen LogP contribution in [0.25, 0.3) is 0 Å². The average Bonchev–Trinajstić information content (AvgIpc) is 2.45. The zero-order valence-electron chi connectivity index (χ0n) is 11.8. The first-order valence-corrected chi connectivity index (χ1v) is 6.44. The van der Waals surface area contributed by atoms with Crippen molar-refractivity contribution in [3.63, 3.8) is 0 Å². The van der Waals surface area contributed by atoms with Crippen LogP contribution in [0.1, 0.15) is 24.2 Å². The Hall–Kier alpha value is -2.64. The Kier molecular flexibility index (Phi) is 5.65. The number of benzene rings is 1. The Morgan fingerprint density at radius 2 is 1.95 bits per heavy atom. The first-order valence-electron chi connectivity index (χ1n) is 6.44. The Morgan fingerprint density at radius 3 is 2.43 bits per heavy atom. The molecule has 0 saturated heterocycles. The third-order valence-corrected chi connectivity index (χ3v) is 2.99. The van der Waals surface area contributed by atoms with Crippen molar-refractivity contribution >= 4 is 23.3 Å². The van der Waals surface area contributed by atoms with Crippen molar-refractivity contribution < 1.29 is 19.6 Å². The number of carbonyl (C=O) groups is 2. The summed E-state index contributed by atoms with van der Waals surface area (Å²) >= 11 is 0. The molecule has 114 valence electrons. The fourth-order valence-electron chi connectivity index (χ4n) is 1.84. The molecule has 0 radical (unpaired) electrons. The molecule has 0 aromatic heterocycles. The molecule has 0 atom stereocenters. The molecule has 0 spiro atoms. The van der Waals surface area contributed by atoms with E-state index in [4.69, 9.17) is 5.11 Å². The third-order valence-electron chi connectivity index (χ3n) is 2.99. The standard InChI is InChI=1S/C13H17N3O5/c1-3-15(4-2)12(17)8-14-11-7-9(16(20)21)5-6-10(11)13(18)19/h5-7,14H,3-4,8H2,1-2H3,(H,18,19). The summed E-state index contributed by atoms with van der Waals surface area (Å²) in [6, 6.07) is 3.37. The highest BCUT2D eigenvalue weighted by atomic mass is 16.6. The van der Waals surface area contributed by atoms with Crippen LogP contribution >= 0.6 is 0 Å². The van der Waals surface area contributed by atoms with Crippen molar-refractivity contribution in [3.05, 3.63) is 33.9 Å². The normalized spacial score (nSPS) is 10.0. The van der Waals surface area contributed by atoms with Gasteiger partial charge in [-0.05, 0) is 19.9 Å². The number of carbonyl (C=O) groups excluding carboxylic acids is 1. The van der Waals surface area contributed by atoms with E-state index in [1.54, 1.807) is 4.90 Å². The number of hydrogen-bond acceptors (Lipinski definition) is 5. The molecule has 0 aliphatic rings. The maximum absolute atomic E-state index is 11.9. The number of anilines is 1. The van der Waals surface area contributed by atoms with Gasteiger partial charge >= 0.3 is 5.97 Å². The van der Waals surface area contributed by atoms with Crippen molar-refractivity contribution in [1.82, 2.24) is 4.90 Å². The average molecular weight is 295 g/mol. The maximum atomic E-state index is 11.9.